The first kappa shape index (κ1) is 18.0. The van der Waals surface area contributed by atoms with E-state index in [9.17, 15) is 0 Å². The number of hydrogen-bond acceptors (Lipinski definition) is 2. The second-order valence-corrected chi connectivity index (χ2v) is 4.97. The SMILES string of the molecule is CN(C)C(=NCc1ccc(N(C)C)cc1)N(C)C.I. The minimum atomic E-state index is 0. The van der Waals surface area contributed by atoms with E-state index in [1.54, 1.807) is 0 Å². The van der Waals surface area contributed by atoms with Crippen LogP contribution in [0.4, 0.5) is 5.69 Å². The molecule has 0 fully saturated rings. The topological polar surface area (TPSA) is 22.1 Å². The highest BCUT2D eigenvalue weighted by Crippen LogP contribution is 2.12. The molecule has 0 saturated heterocycles. The van der Waals surface area contributed by atoms with Crippen LogP contribution in [0.2, 0.25) is 0 Å². The van der Waals surface area contributed by atoms with Crippen LogP contribution in [0.3, 0.4) is 0 Å². The molecule has 1 aromatic carbocycles. The molecule has 108 valence electrons. The van der Waals surface area contributed by atoms with Gasteiger partial charge in [0.25, 0.3) is 0 Å². The Morgan fingerprint density at radius 2 is 1.37 bits per heavy atom. The maximum Gasteiger partial charge on any atom is 0.195 e. The van der Waals surface area contributed by atoms with Crippen LogP contribution in [0.1, 0.15) is 5.56 Å². The van der Waals surface area contributed by atoms with Gasteiger partial charge in [0.1, 0.15) is 0 Å². The van der Waals surface area contributed by atoms with E-state index in [4.69, 9.17) is 0 Å². The average Bonchev–Trinajstić information content (AvgIpc) is 2.28. The Morgan fingerprint density at radius 3 is 1.74 bits per heavy atom. The molecule has 0 aliphatic heterocycles. The van der Waals surface area contributed by atoms with Crippen molar-refractivity contribution in [2.24, 2.45) is 4.99 Å². The van der Waals surface area contributed by atoms with E-state index < -0.39 is 0 Å². The standard InChI is InChI=1S/C14H24N4.HI/c1-16(2)13-9-7-12(8-10-13)11-15-14(17(3)4)18(5)6;/h7-10H,11H2,1-6H3;1H. The highest BCUT2D eigenvalue weighted by molar-refractivity contribution is 14.0. The summed E-state index contributed by atoms with van der Waals surface area (Å²) in [5.74, 6) is 0.978. The summed E-state index contributed by atoms with van der Waals surface area (Å²) in [5.41, 5.74) is 2.44. The van der Waals surface area contributed by atoms with Gasteiger partial charge in [0.2, 0.25) is 0 Å². The molecule has 0 N–H and O–H groups in total. The van der Waals surface area contributed by atoms with Gasteiger partial charge in [0.05, 0.1) is 6.54 Å². The van der Waals surface area contributed by atoms with Crippen molar-refractivity contribution < 1.29 is 0 Å². The van der Waals surface area contributed by atoms with Crippen LogP contribution >= 0.6 is 24.0 Å². The number of guanidine groups is 1. The molecule has 0 spiro atoms. The van der Waals surface area contributed by atoms with Gasteiger partial charge in [-0.2, -0.15) is 0 Å². The normalized spacial score (nSPS) is 9.37. The van der Waals surface area contributed by atoms with E-state index in [-0.39, 0.29) is 24.0 Å². The number of rotatable bonds is 3. The van der Waals surface area contributed by atoms with E-state index in [1.165, 1.54) is 11.3 Å². The summed E-state index contributed by atoms with van der Waals surface area (Å²) in [6.07, 6.45) is 0. The zero-order valence-electron chi connectivity index (χ0n) is 12.7. The Balaban J connectivity index is 0.00000324. The molecule has 0 heterocycles. The van der Waals surface area contributed by atoms with Gasteiger partial charge in [-0.15, -0.1) is 24.0 Å². The van der Waals surface area contributed by atoms with Crippen molar-refractivity contribution in [3.05, 3.63) is 29.8 Å². The van der Waals surface area contributed by atoms with Crippen LogP contribution in [-0.2, 0) is 6.54 Å². The Labute approximate surface area is 134 Å². The molecule has 0 amide bonds. The lowest BCUT2D eigenvalue weighted by molar-refractivity contribution is 0.479. The monoisotopic (exact) mass is 376 g/mol. The third kappa shape index (κ3) is 5.67. The molecule has 19 heavy (non-hydrogen) atoms. The summed E-state index contributed by atoms with van der Waals surface area (Å²) in [5, 5.41) is 0. The van der Waals surface area contributed by atoms with Crippen molar-refractivity contribution >= 4 is 35.6 Å². The Kier molecular flexibility index (Phi) is 7.82. The number of aliphatic imine (C=N–C) groups is 1. The van der Waals surface area contributed by atoms with Gasteiger partial charge in [-0.3, -0.25) is 0 Å². The van der Waals surface area contributed by atoms with Crippen LogP contribution < -0.4 is 4.90 Å². The maximum absolute atomic E-state index is 4.62. The number of halogens is 1. The van der Waals surface area contributed by atoms with Gasteiger partial charge in [-0.1, -0.05) is 12.1 Å². The van der Waals surface area contributed by atoms with Crippen LogP contribution in [-0.4, -0.2) is 58.0 Å². The highest BCUT2D eigenvalue weighted by Gasteiger charge is 2.03. The Bertz CT molecular complexity index is 386. The van der Waals surface area contributed by atoms with Gasteiger partial charge in [0, 0.05) is 48.0 Å². The number of benzene rings is 1. The second-order valence-electron chi connectivity index (χ2n) is 4.97. The van der Waals surface area contributed by atoms with E-state index in [1.807, 2.05) is 52.1 Å². The molecule has 0 bridgehead atoms. The van der Waals surface area contributed by atoms with Crippen molar-refractivity contribution in [3.63, 3.8) is 0 Å². The summed E-state index contributed by atoms with van der Waals surface area (Å²) in [6.45, 7) is 0.708. The van der Waals surface area contributed by atoms with Crippen LogP contribution in [0.15, 0.2) is 29.3 Å². The highest BCUT2D eigenvalue weighted by atomic mass is 127. The van der Waals surface area contributed by atoms with Crippen molar-refractivity contribution in [1.82, 2.24) is 9.80 Å². The summed E-state index contributed by atoms with van der Waals surface area (Å²) in [6, 6.07) is 8.50. The number of nitrogens with zero attached hydrogens (tertiary/aromatic N) is 4. The molecule has 4 nitrogen and oxygen atoms in total. The van der Waals surface area contributed by atoms with E-state index in [0.29, 0.717) is 6.54 Å². The van der Waals surface area contributed by atoms with Crippen molar-refractivity contribution in [3.8, 4) is 0 Å². The zero-order chi connectivity index (χ0) is 13.7. The first-order chi connectivity index (χ1) is 8.41. The van der Waals surface area contributed by atoms with E-state index >= 15 is 0 Å². The molecule has 0 aromatic heterocycles. The molecule has 1 rings (SSSR count). The number of hydrogen-bond donors (Lipinski definition) is 0. The van der Waals surface area contributed by atoms with Gasteiger partial charge >= 0.3 is 0 Å². The van der Waals surface area contributed by atoms with Crippen molar-refractivity contribution in [1.29, 1.82) is 0 Å². The molecule has 1 aromatic rings. The van der Waals surface area contributed by atoms with E-state index in [2.05, 4.69) is 34.2 Å². The van der Waals surface area contributed by atoms with Gasteiger partial charge in [-0.25, -0.2) is 4.99 Å². The van der Waals surface area contributed by atoms with Gasteiger partial charge in [0.15, 0.2) is 5.96 Å². The lowest BCUT2D eigenvalue weighted by Crippen LogP contribution is -2.35. The van der Waals surface area contributed by atoms with Crippen LogP contribution in [0.5, 0.6) is 0 Å². The number of anilines is 1. The first-order valence-electron chi connectivity index (χ1n) is 6.07. The quantitative estimate of drug-likeness (QED) is 0.459. The van der Waals surface area contributed by atoms with Crippen molar-refractivity contribution in [2.75, 3.05) is 47.2 Å². The zero-order valence-corrected chi connectivity index (χ0v) is 15.0. The lowest BCUT2D eigenvalue weighted by Gasteiger charge is -2.22. The van der Waals surface area contributed by atoms with Gasteiger partial charge < -0.3 is 14.7 Å². The fourth-order valence-corrected chi connectivity index (χ4v) is 1.74. The third-order valence-electron chi connectivity index (χ3n) is 2.66. The summed E-state index contributed by atoms with van der Waals surface area (Å²) < 4.78 is 0. The molecular formula is C14H25IN4. The smallest absolute Gasteiger partial charge is 0.195 e. The fourth-order valence-electron chi connectivity index (χ4n) is 1.74. The average molecular weight is 376 g/mol. The molecule has 5 heteroatoms. The first-order valence-corrected chi connectivity index (χ1v) is 6.07. The Morgan fingerprint density at radius 1 is 0.895 bits per heavy atom. The second kappa shape index (κ2) is 8.24. The molecule has 0 radical (unpaired) electrons. The summed E-state index contributed by atoms with van der Waals surface area (Å²) in [4.78, 5) is 10.8. The predicted octanol–water partition coefficient (Wildman–Crippen LogP) is 2.35. The largest absolute Gasteiger partial charge is 0.378 e. The molecule has 0 unspecified atom stereocenters. The van der Waals surface area contributed by atoms with Gasteiger partial charge in [-0.05, 0) is 17.7 Å². The van der Waals surface area contributed by atoms with Crippen LogP contribution in [0, 0.1) is 0 Å². The minimum absolute atomic E-state index is 0. The molecule has 0 atom stereocenters. The molecule has 0 aliphatic rings. The van der Waals surface area contributed by atoms with Crippen LogP contribution in [0.25, 0.3) is 0 Å². The Hall–Kier alpha value is -0.980. The molecule has 0 saturated carbocycles. The summed E-state index contributed by atoms with van der Waals surface area (Å²) in [7, 11) is 12.1. The van der Waals surface area contributed by atoms with Crippen molar-refractivity contribution in [2.45, 2.75) is 6.54 Å². The molecule has 0 aliphatic carbocycles. The lowest BCUT2D eigenvalue weighted by atomic mass is 10.2. The minimum Gasteiger partial charge on any atom is -0.378 e. The maximum atomic E-state index is 4.62. The predicted molar refractivity (Wildman–Crippen MR) is 94.7 cm³/mol. The third-order valence-corrected chi connectivity index (χ3v) is 2.66. The molecular weight excluding hydrogens is 351 g/mol. The fraction of sp³-hybridized carbons (Fsp3) is 0.500. The summed E-state index contributed by atoms with van der Waals surface area (Å²) >= 11 is 0. The van der Waals surface area contributed by atoms with E-state index in [0.717, 1.165) is 5.96 Å².